The second-order valence-corrected chi connectivity index (χ2v) is 8.20. The first kappa shape index (κ1) is 20.7. The van der Waals surface area contributed by atoms with Crippen LogP contribution in [0.5, 0.6) is 11.5 Å². The number of para-hydroxylation sites is 1. The van der Waals surface area contributed by atoms with E-state index in [9.17, 15) is 9.90 Å². The molecule has 0 amide bonds. The molecule has 1 unspecified atom stereocenters. The summed E-state index contributed by atoms with van der Waals surface area (Å²) in [7, 11) is 4.89. The van der Waals surface area contributed by atoms with E-state index in [1.807, 2.05) is 33.6 Å². The fourth-order valence-corrected chi connectivity index (χ4v) is 4.76. The maximum atomic E-state index is 12.8. The van der Waals surface area contributed by atoms with Crippen LogP contribution in [0.15, 0.2) is 41.2 Å². The molecule has 32 heavy (non-hydrogen) atoms. The molecule has 0 bridgehead atoms. The SMILES string of the molecule is COc1ccc(OC)c2c1CN(Cn1nc3n(C)c(=O)c4ccccc4n3c1=S)CC2O. The largest absolute Gasteiger partial charge is 0.496 e. The van der Waals surface area contributed by atoms with E-state index < -0.39 is 6.10 Å². The third-order valence-corrected chi connectivity index (χ3v) is 6.39. The van der Waals surface area contributed by atoms with Crippen LogP contribution in [0.4, 0.5) is 0 Å². The summed E-state index contributed by atoms with van der Waals surface area (Å²) in [4.78, 5) is 14.8. The topological polar surface area (TPSA) is 86.2 Å². The van der Waals surface area contributed by atoms with Gasteiger partial charge < -0.3 is 14.6 Å². The van der Waals surface area contributed by atoms with Crippen LogP contribution < -0.4 is 15.0 Å². The van der Waals surface area contributed by atoms with Crippen molar-refractivity contribution in [3.05, 3.63) is 62.6 Å². The monoisotopic (exact) mass is 453 g/mol. The number of hydrogen-bond acceptors (Lipinski definition) is 7. The predicted octanol–water partition coefficient (Wildman–Crippen LogP) is 2.24. The van der Waals surface area contributed by atoms with Crippen LogP contribution in [0.3, 0.4) is 0 Å². The van der Waals surface area contributed by atoms with Gasteiger partial charge in [-0.15, -0.1) is 5.10 Å². The molecule has 2 aromatic carbocycles. The number of β-amino-alcohol motifs (C(OH)–C–C–N with tert-alkyl or cyclic N) is 1. The Morgan fingerprint density at radius 2 is 1.88 bits per heavy atom. The van der Waals surface area contributed by atoms with Crippen LogP contribution >= 0.6 is 12.2 Å². The van der Waals surface area contributed by atoms with E-state index in [4.69, 9.17) is 21.7 Å². The van der Waals surface area contributed by atoms with Crippen molar-refractivity contribution in [1.82, 2.24) is 23.6 Å². The van der Waals surface area contributed by atoms with Crippen molar-refractivity contribution < 1.29 is 14.6 Å². The minimum absolute atomic E-state index is 0.126. The Bertz CT molecular complexity index is 1470. The third-order valence-electron chi connectivity index (χ3n) is 6.00. The Morgan fingerprint density at radius 3 is 2.62 bits per heavy atom. The van der Waals surface area contributed by atoms with Crippen molar-refractivity contribution in [3.8, 4) is 11.5 Å². The molecular formula is C22H23N5O4S. The lowest BCUT2D eigenvalue weighted by atomic mass is 9.95. The van der Waals surface area contributed by atoms with Gasteiger partial charge in [0.05, 0.1) is 37.9 Å². The maximum absolute atomic E-state index is 12.8. The molecule has 1 aliphatic heterocycles. The van der Waals surface area contributed by atoms with E-state index >= 15 is 0 Å². The minimum atomic E-state index is -0.750. The Morgan fingerprint density at radius 1 is 1.16 bits per heavy atom. The third kappa shape index (κ3) is 3.02. The molecule has 1 aliphatic rings. The van der Waals surface area contributed by atoms with Crippen molar-refractivity contribution in [2.75, 3.05) is 20.8 Å². The van der Waals surface area contributed by atoms with Crippen LogP contribution in [-0.2, 0) is 20.3 Å². The number of ether oxygens (including phenoxy) is 2. The molecule has 9 nitrogen and oxygen atoms in total. The number of fused-ring (bicyclic) bond motifs is 4. The van der Waals surface area contributed by atoms with Crippen molar-refractivity contribution in [1.29, 1.82) is 0 Å². The van der Waals surface area contributed by atoms with Gasteiger partial charge in [-0.1, -0.05) is 12.1 Å². The Labute approximate surface area is 188 Å². The predicted molar refractivity (Wildman–Crippen MR) is 122 cm³/mol. The highest BCUT2D eigenvalue weighted by atomic mass is 32.1. The molecule has 5 rings (SSSR count). The molecule has 0 fully saturated rings. The standard InChI is InChI=1S/C22H23N5O4S/c1-24-20(29)13-6-4-5-7-15(13)27-21(24)23-26(22(27)32)12-25-10-14-17(30-2)8-9-18(31-3)19(14)16(28)11-25/h4-9,16,28H,10-12H2,1-3H3. The van der Waals surface area contributed by atoms with E-state index in [2.05, 4.69) is 5.10 Å². The first-order chi connectivity index (χ1) is 15.4. The van der Waals surface area contributed by atoms with Gasteiger partial charge in [0.2, 0.25) is 10.5 Å². The van der Waals surface area contributed by atoms with E-state index in [1.165, 1.54) is 4.57 Å². The van der Waals surface area contributed by atoms with Crippen molar-refractivity contribution in [3.63, 3.8) is 0 Å². The number of aliphatic hydroxyl groups is 1. The Hall–Kier alpha value is -3.21. The number of aryl methyl sites for hydroxylation is 1. The lowest BCUT2D eigenvalue weighted by molar-refractivity contribution is 0.0671. The number of rotatable bonds is 4. The average molecular weight is 454 g/mol. The van der Waals surface area contributed by atoms with E-state index in [0.717, 1.165) is 16.6 Å². The Balaban J connectivity index is 1.59. The number of hydrogen-bond donors (Lipinski definition) is 1. The number of nitrogens with zero attached hydrogens (tertiary/aromatic N) is 5. The lowest BCUT2D eigenvalue weighted by Gasteiger charge is -2.33. The van der Waals surface area contributed by atoms with Gasteiger partial charge in [0.25, 0.3) is 5.56 Å². The number of aliphatic hydroxyl groups excluding tert-OH is 1. The molecule has 3 heterocycles. The smallest absolute Gasteiger partial charge is 0.262 e. The summed E-state index contributed by atoms with van der Waals surface area (Å²) in [6, 6.07) is 11.0. The lowest BCUT2D eigenvalue weighted by Crippen LogP contribution is -2.36. The summed E-state index contributed by atoms with van der Waals surface area (Å²) in [6.45, 7) is 1.26. The van der Waals surface area contributed by atoms with Gasteiger partial charge in [-0.3, -0.25) is 18.7 Å². The van der Waals surface area contributed by atoms with Crippen molar-refractivity contribution in [2.45, 2.75) is 19.3 Å². The van der Waals surface area contributed by atoms with Gasteiger partial charge >= 0.3 is 0 Å². The number of benzene rings is 2. The van der Waals surface area contributed by atoms with Crippen LogP contribution in [0.2, 0.25) is 0 Å². The van der Waals surface area contributed by atoms with Crippen molar-refractivity contribution in [2.24, 2.45) is 7.05 Å². The zero-order chi connectivity index (χ0) is 22.6. The fraction of sp³-hybridized carbons (Fsp3) is 0.318. The van der Waals surface area contributed by atoms with Gasteiger partial charge in [-0.2, -0.15) is 0 Å². The molecule has 2 aromatic heterocycles. The van der Waals surface area contributed by atoms with E-state index in [1.54, 1.807) is 38.1 Å². The first-order valence-corrected chi connectivity index (χ1v) is 10.6. The summed E-state index contributed by atoms with van der Waals surface area (Å²) < 4.78 is 16.5. The number of aromatic nitrogens is 4. The molecule has 0 aliphatic carbocycles. The highest BCUT2D eigenvalue weighted by molar-refractivity contribution is 7.71. The first-order valence-electron chi connectivity index (χ1n) is 10.2. The maximum Gasteiger partial charge on any atom is 0.262 e. The molecule has 4 aromatic rings. The highest BCUT2D eigenvalue weighted by Gasteiger charge is 2.30. The van der Waals surface area contributed by atoms with Gasteiger partial charge in [-0.25, -0.2) is 4.68 Å². The normalized spacial score (nSPS) is 16.4. The minimum Gasteiger partial charge on any atom is -0.496 e. The number of methoxy groups -OCH3 is 2. The van der Waals surface area contributed by atoms with Gasteiger partial charge in [0, 0.05) is 31.3 Å². The molecule has 166 valence electrons. The summed E-state index contributed by atoms with van der Waals surface area (Å²) in [6.07, 6.45) is -0.750. The Kier molecular flexibility index (Phi) is 5.00. The molecule has 1 atom stereocenters. The average Bonchev–Trinajstić information content (AvgIpc) is 3.12. The molecule has 0 saturated carbocycles. The van der Waals surface area contributed by atoms with Gasteiger partial charge in [0.15, 0.2) is 0 Å². The fourth-order valence-electron chi connectivity index (χ4n) is 4.48. The molecule has 0 spiro atoms. The summed E-state index contributed by atoms with van der Waals surface area (Å²) in [5, 5.41) is 16.1. The van der Waals surface area contributed by atoms with Gasteiger partial charge in [-0.05, 0) is 36.5 Å². The molecule has 0 saturated heterocycles. The van der Waals surface area contributed by atoms with Crippen molar-refractivity contribution >= 4 is 28.9 Å². The highest BCUT2D eigenvalue weighted by Crippen LogP contribution is 2.39. The summed E-state index contributed by atoms with van der Waals surface area (Å²) in [5.41, 5.74) is 2.21. The van der Waals surface area contributed by atoms with Crippen LogP contribution in [0, 0.1) is 4.77 Å². The summed E-state index contributed by atoms with van der Waals surface area (Å²) >= 11 is 5.74. The van der Waals surface area contributed by atoms with Crippen LogP contribution in [0.1, 0.15) is 17.2 Å². The molecule has 10 heteroatoms. The van der Waals surface area contributed by atoms with E-state index in [0.29, 0.717) is 47.2 Å². The van der Waals surface area contributed by atoms with Crippen LogP contribution in [-0.4, -0.2) is 49.5 Å². The molecule has 0 radical (unpaired) electrons. The second kappa shape index (κ2) is 7.73. The second-order valence-electron chi connectivity index (χ2n) is 7.83. The molecular weight excluding hydrogens is 430 g/mol. The zero-order valence-electron chi connectivity index (χ0n) is 18.0. The zero-order valence-corrected chi connectivity index (χ0v) is 18.8. The molecule has 1 N–H and O–H groups in total. The van der Waals surface area contributed by atoms with Crippen LogP contribution in [0.25, 0.3) is 16.7 Å². The quantitative estimate of drug-likeness (QED) is 0.474. The van der Waals surface area contributed by atoms with Gasteiger partial charge in [0.1, 0.15) is 11.5 Å². The van der Waals surface area contributed by atoms with E-state index in [-0.39, 0.29) is 5.56 Å². The summed E-state index contributed by atoms with van der Waals surface area (Å²) in [5.74, 6) is 1.80.